The van der Waals surface area contributed by atoms with Crippen molar-refractivity contribution in [3.8, 4) is 5.75 Å². The SMILES string of the molecule is CCCCC[C@H](c1ccc(OC)c(C)c1)N1CCNCC1. The molecule has 0 unspecified atom stereocenters. The van der Waals surface area contributed by atoms with Crippen molar-refractivity contribution in [2.24, 2.45) is 0 Å². The Morgan fingerprint density at radius 3 is 2.62 bits per heavy atom. The molecule has 1 aromatic rings. The van der Waals surface area contributed by atoms with E-state index in [-0.39, 0.29) is 0 Å². The third kappa shape index (κ3) is 4.45. The van der Waals surface area contributed by atoms with E-state index in [0.29, 0.717) is 6.04 Å². The van der Waals surface area contributed by atoms with Gasteiger partial charge in [0.15, 0.2) is 0 Å². The van der Waals surface area contributed by atoms with Crippen LogP contribution in [0, 0.1) is 6.92 Å². The number of unbranched alkanes of at least 4 members (excludes halogenated alkanes) is 2. The highest BCUT2D eigenvalue weighted by atomic mass is 16.5. The zero-order valence-electron chi connectivity index (χ0n) is 13.8. The number of aryl methyl sites for hydroxylation is 1. The Balaban J connectivity index is 2.14. The molecular formula is C18H30N2O. The van der Waals surface area contributed by atoms with Gasteiger partial charge >= 0.3 is 0 Å². The van der Waals surface area contributed by atoms with Crippen molar-refractivity contribution in [2.75, 3.05) is 33.3 Å². The van der Waals surface area contributed by atoms with E-state index in [9.17, 15) is 0 Å². The van der Waals surface area contributed by atoms with Crippen molar-refractivity contribution in [3.05, 3.63) is 29.3 Å². The summed E-state index contributed by atoms with van der Waals surface area (Å²) in [5.74, 6) is 0.992. The minimum Gasteiger partial charge on any atom is -0.496 e. The van der Waals surface area contributed by atoms with E-state index in [1.165, 1.54) is 36.8 Å². The molecule has 3 heteroatoms. The van der Waals surface area contributed by atoms with Gasteiger partial charge in [-0.1, -0.05) is 38.3 Å². The molecule has 1 aromatic carbocycles. The summed E-state index contributed by atoms with van der Waals surface area (Å²) in [4.78, 5) is 2.65. The number of ether oxygens (including phenoxy) is 1. The summed E-state index contributed by atoms with van der Waals surface area (Å²) in [6.45, 7) is 8.95. The van der Waals surface area contributed by atoms with Crippen LogP contribution in [0.5, 0.6) is 5.75 Å². The number of piperazine rings is 1. The zero-order chi connectivity index (χ0) is 15.1. The predicted octanol–water partition coefficient (Wildman–Crippen LogP) is 3.53. The van der Waals surface area contributed by atoms with Gasteiger partial charge in [-0.2, -0.15) is 0 Å². The summed E-state index contributed by atoms with van der Waals surface area (Å²) in [5.41, 5.74) is 2.69. The molecule has 0 amide bonds. The van der Waals surface area contributed by atoms with Crippen molar-refractivity contribution in [3.63, 3.8) is 0 Å². The van der Waals surface area contributed by atoms with Crippen LogP contribution in [0.3, 0.4) is 0 Å². The third-order valence-corrected chi connectivity index (χ3v) is 4.48. The molecule has 118 valence electrons. The largest absolute Gasteiger partial charge is 0.496 e. The number of nitrogens with zero attached hydrogens (tertiary/aromatic N) is 1. The smallest absolute Gasteiger partial charge is 0.121 e. The molecule has 1 saturated heterocycles. The monoisotopic (exact) mass is 290 g/mol. The second kappa shape index (κ2) is 8.40. The van der Waals surface area contributed by atoms with Gasteiger partial charge in [0, 0.05) is 32.2 Å². The normalized spacial score (nSPS) is 17.7. The molecule has 1 N–H and O–H groups in total. The quantitative estimate of drug-likeness (QED) is 0.778. The maximum absolute atomic E-state index is 5.40. The number of rotatable bonds is 7. The van der Waals surface area contributed by atoms with Gasteiger partial charge in [0.2, 0.25) is 0 Å². The average Bonchev–Trinajstić information content (AvgIpc) is 2.52. The first-order valence-electron chi connectivity index (χ1n) is 8.35. The molecule has 1 heterocycles. The summed E-state index contributed by atoms with van der Waals surface area (Å²) in [5, 5.41) is 3.46. The van der Waals surface area contributed by atoms with Crippen LogP contribution >= 0.6 is 0 Å². The van der Waals surface area contributed by atoms with Crippen LogP contribution in [0.1, 0.15) is 49.8 Å². The molecule has 1 fully saturated rings. The van der Waals surface area contributed by atoms with Crippen LogP contribution in [0.15, 0.2) is 18.2 Å². The fraction of sp³-hybridized carbons (Fsp3) is 0.667. The lowest BCUT2D eigenvalue weighted by Crippen LogP contribution is -2.45. The van der Waals surface area contributed by atoms with Crippen molar-refractivity contribution < 1.29 is 4.74 Å². The first-order valence-corrected chi connectivity index (χ1v) is 8.35. The van der Waals surface area contributed by atoms with Crippen molar-refractivity contribution >= 4 is 0 Å². The molecule has 0 saturated carbocycles. The Labute approximate surface area is 129 Å². The van der Waals surface area contributed by atoms with E-state index in [2.05, 4.69) is 42.3 Å². The first-order chi connectivity index (χ1) is 10.3. The number of methoxy groups -OCH3 is 1. The van der Waals surface area contributed by atoms with Gasteiger partial charge in [-0.15, -0.1) is 0 Å². The topological polar surface area (TPSA) is 24.5 Å². The highest BCUT2D eigenvalue weighted by molar-refractivity contribution is 5.37. The van der Waals surface area contributed by atoms with Gasteiger partial charge in [-0.3, -0.25) is 4.90 Å². The van der Waals surface area contributed by atoms with Gasteiger partial charge in [0.05, 0.1) is 7.11 Å². The van der Waals surface area contributed by atoms with Crippen LogP contribution in [0.4, 0.5) is 0 Å². The van der Waals surface area contributed by atoms with Crippen molar-refractivity contribution in [1.29, 1.82) is 0 Å². The van der Waals surface area contributed by atoms with Gasteiger partial charge in [0.1, 0.15) is 5.75 Å². The molecule has 21 heavy (non-hydrogen) atoms. The molecular weight excluding hydrogens is 260 g/mol. The van der Waals surface area contributed by atoms with Gasteiger partial charge < -0.3 is 10.1 Å². The lowest BCUT2D eigenvalue weighted by molar-refractivity contribution is 0.162. The summed E-state index contributed by atoms with van der Waals surface area (Å²) < 4.78 is 5.40. The summed E-state index contributed by atoms with van der Waals surface area (Å²) in [6.07, 6.45) is 5.20. The highest BCUT2D eigenvalue weighted by Gasteiger charge is 2.22. The van der Waals surface area contributed by atoms with Gasteiger partial charge in [-0.05, 0) is 30.5 Å². The van der Waals surface area contributed by atoms with Crippen LogP contribution in [-0.4, -0.2) is 38.2 Å². The summed E-state index contributed by atoms with van der Waals surface area (Å²) >= 11 is 0. The van der Waals surface area contributed by atoms with E-state index >= 15 is 0 Å². The lowest BCUT2D eigenvalue weighted by Gasteiger charge is -2.35. The molecule has 0 radical (unpaired) electrons. The standard InChI is InChI=1S/C18H30N2O/c1-4-5-6-7-17(20-12-10-19-11-13-20)16-8-9-18(21-3)15(2)14-16/h8-9,14,17,19H,4-7,10-13H2,1-3H3/t17-/m1/s1. The molecule has 0 spiro atoms. The average molecular weight is 290 g/mol. The Morgan fingerprint density at radius 2 is 2.00 bits per heavy atom. The zero-order valence-corrected chi connectivity index (χ0v) is 13.8. The van der Waals surface area contributed by atoms with Crippen molar-refractivity contribution in [1.82, 2.24) is 10.2 Å². The van der Waals surface area contributed by atoms with Crippen LogP contribution in [0.25, 0.3) is 0 Å². The van der Waals surface area contributed by atoms with E-state index in [0.717, 1.165) is 31.9 Å². The highest BCUT2D eigenvalue weighted by Crippen LogP contribution is 2.30. The molecule has 1 aliphatic heterocycles. The number of nitrogens with one attached hydrogen (secondary N) is 1. The molecule has 1 atom stereocenters. The van der Waals surface area contributed by atoms with E-state index in [1.54, 1.807) is 7.11 Å². The summed E-state index contributed by atoms with van der Waals surface area (Å²) in [6, 6.07) is 7.25. The number of benzene rings is 1. The minimum absolute atomic E-state index is 0.559. The first kappa shape index (κ1) is 16.3. The molecule has 3 nitrogen and oxygen atoms in total. The fourth-order valence-electron chi connectivity index (χ4n) is 3.25. The Kier molecular flexibility index (Phi) is 6.52. The molecule has 0 aromatic heterocycles. The molecule has 2 rings (SSSR count). The van der Waals surface area contributed by atoms with Gasteiger partial charge in [-0.25, -0.2) is 0 Å². The predicted molar refractivity (Wildman–Crippen MR) is 89.1 cm³/mol. The molecule has 1 aliphatic rings. The number of hydrogen-bond donors (Lipinski definition) is 1. The van der Waals surface area contributed by atoms with Crippen LogP contribution < -0.4 is 10.1 Å². The molecule has 0 bridgehead atoms. The number of hydrogen-bond acceptors (Lipinski definition) is 3. The van der Waals surface area contributed by atoms with Gasteiger partial charge in [0.25, 0.3) is 0 Å². The van der Waals surface area contributed by atoms with Crippen LogP contribution in [-0.2, 0) is 0 Å². The molecule has 0 aliphatic carbocycles. The fourth-order valence-corrected chi connectivity index (χ4v) is 3.25. The van der Waals surface area contributed by atoms with Crippen LogP contribution in [0.2, 0.25) is 0 Å². The maximum atomic E-state index is 5.40. The Bertz CT molecular complexity index is 427. The Morgan fingerprint density at radius 1 is 1.24 bits per heavy atom. The minimum atomic E-state index is 0.559. The van der Waals surface area contributed by atoms with E-state index in [4.69, 9.17) is 4.74 Å². The second-order valence-electron chi connectivity index (χ2n) is 6.03. The third-order valence-electron chi connectivity index (χ3n) is 4.48. The van der Waals surface area contributed by atoms with Crippen molar-refractivity contribution in [2.45, 2.75) is 45.6 Å². The lowest BCUT2D eigenvalue weighted by atomic mass is 9.96. The Hall–Kier alpha value is -1.06. The van der Waals surface area contributed by atoms with E-state index < -0.39 is 0 Å². The summed E-state index contributed by atoms with van der Waals surface area (Å²) in [7, 11) is 1.75. The maximum Gasteiger partial charge on any atom is 0.121 e. The van der Waals surface area contributed by atoms with E-state index in [1.807, 2.05) is 0 Å². The second-order valence-corrected chi connectivity index (χ2v) is 6.03.